The van der Waals surface area contributed by atoms with Crippen LogP contribution in [0.2, 0.25) is 0 Å². The molecule has 0 aromatic heterocycles. The average molecular weight is 206 g/mol. The zero-order valence-corrected chi connectivity index (χ0v) is 9.06. The number of carbonyl (C=O) groups excluding carboxylic acids is 1. The standard InChI is InChI=1S/C9H18O5/c1-11-8(12-2)5-7(6-10)9(13-3)14-4/h6-9H,5H2,1-4H3. The van der Waals surface area contributed by atoms with Gasteiger partial charge in [0.25, 0.3) is 0 Å². The molecule has 0 bridgehead atoms. The third-order valence-corrected chi connectivity index (χ3v) is 1.98. The van der Waals surface area contributed by atoms with Gasteiger partial charge in [-0.2, -0.15) is 0 Å². The smallest absolute Gasteiger partial charge is 0.166 e. The van der Waals surface area contributed by atoms with Gasteiger partial charge in [-0.05, 0) is 0 Å². The van der Waals surface area contributed by atoms with E-state index < -0.39 is 18.5 Å². The fourth-order valence-corrected chi connectivity index (χ4v) is 1.19. The van der Waals surface area contributed by atoms with Crippen molar-refractivity contribution in [2.24, 2.45) is 5.92 Å². The van der Waals surface area contributed by atoms with Crippen molar-refractivity contribution in [3.05, 3.63) is 0 Å². The summed E-state index contributed by atoms with van der Waals surface area (Å²) in [6, 6.07) is 0. The number of ether oxygens (including phenoxy) is 4. The molecule has 0 aromatic rings. The Labute approximate surface area is 84.3 Å². The van der Waals surface area contributed by atoms with E-state index in [1.54, 1.807) is 0 Å². The Hall–Kier alpha value is -0.490. The summed E-state index contributed by atoms with van der Waals surface area (Å²) < 4.78 is 19.9. The van der Waals surface area contributed by atoms with Crippen LogP contribution in [0.1, 0.15) is 6.42 Å². The van der Waals surface area contributed by atoms with Gasteiger partial charge in [0.15, 0.2) is 12.6 Å². The van der Waals surface area contributed by atoms with Crippen molar-refractivity contribution >= 4 is 6.29 Å². The SMILES string of the molecule is COC(CC(C=O)C(OC)OC)OC. The lowest BCUT2D eigenvalue weighted by Crippen LogP contribution is -2.30. The molecule has 0 rings (SSSR count). The highest BCUT2D eigenvalue weighted by Crippen LogP contribution is 2.14. The van der Waals surface area contributed by atoms with Crippen molar-refractivity contribution in [1.82, 2.24) is 0 Å². The molecule has 0 N–H and O–H groups in total. The van der Waals surface area contributed by atoms with Gasteiger partial charge in [-0.15, -0.1) is 0 Å². The minimum Gasteiger partial charge on any atom is -0.356 e. The Morgan fingerprint density at radius 2 is 1.50 bits per heavy atom. The maximum absolute atomic E-state index is 10.8. The summed E-state index contributed by atoms with van der Waals surface area (Å²) in [6.07, 6.45) is 0.212. The Bertz CT molecular complexity index is 142. The fraction of sp³-hybridized carbons (Fsp3) is 0.889. The molecule has 14 heavy (non-hydrogen) atoms. The summed E-state index contributed by atoms with van der Waals surface area (Å²) in [7, 11) is 6.01. The molecule has 0 radical (unpaired) electrons. The van der Waals surface area contributed by atoms with Crippen LogP contribution in [0.25, 0.3) is 0 Å². The number of methoxy groups -OCH3 is 4. The molecule has 84 valence electrons. The maximum atomic E-state index is 10.8. The van der Waals surface area contributed by atoms with Crippen molar-refractivity contribution in [2.75, 3.05) is 28.4 Å². The molecule has 0 aliphatic rings. The van der Waals surface area contributed by atoms with Gasteiger partial charge in [-0.3, -0.25) is 0 Å². The Morgan fingerprint density at radius 3 is 1.79 bits per heavy atom. The van der Waals surface area contributed by atoms with Gasteiger partial charge in [0.1, 0.15) is 6.29 Å². The third-order valence-electron chi connectivity index (χ3n) is 1.98. The minimum atomic E-state index is -0.555. The quantitative estimate of drug-likeness (QED) is 0.426. The van der Waals surface area contributed by atoms with E-state index in [-0.39, 0.29) is 0 Å². The Balaban J connectivity index is 4.17. The van der Waals surface area contributed by atoms with Crippen LogP contribution in [0.15, 0.2) is 0 Å². The highest BCUT2D eigenvalue weighted by atomic mass is 16.7. The Morgan fingerprint density at radius 1 is 1.00 bits per heavy atom. The highest BCUT2D eigenvalue weighted by Gasteiger charge is 2.24. The topological polar surface area (TPSA) is 54.0 Å². The van der Waals surface area contributed by atoms with E-state index in [1.165, 1.54) is 28.4 Å². The largest absolute Gasteiger partial charge is 0.356 e. The van der Waals surface area contributed by atoms with E-state index in [4.69, 9.17) is 18.9 Å². The molecule has 0 aliphatic heterocycles. The molecule has 5 nitrogen and oxygen atoms in total. The normalized spacial score (nSPS) is 13.6. The summed E-state index contributed by atoms with van der Waals surface area (Å²) in [4.78, 5) is 10.8. The minimum absolute atomic E-state index is 0.394. The lowest BCUT2D eigenvalue weighted by atomic mass is 10.1. The number of carbonyl (C=O) groups is 1. The molecule has 0 heterocycles. The van der Waals surface area contributed by atoms with Crippen LogP contribution in [-0.4, -0.2) is 47.3 Å². The van der Waals surface area contributed by atoms with E-state index in [0.717, 1.165) is 6.29 Å². The highest BCUT2D eigenvalue weighted by molar-refractivity contribution is 5.54. The molecule has 0 amide bonds. The van der Waals surface area contributed by atoms with Crippen molar-refractivity contribution in [2.45, 2.75) is 19.0 Å². The van der Waals surface area contributed by atoms with E-state index in [9.17, 15) is 4.79 Å². The van der Waals surface area contributed by atoms with E-state index >= 15 is 0 Å². The predicted molar refractivity (Wildman–Crippen MR) is 49.8 cm³/mol. The molecular formula is C9H18O5. The number of hydrogen-bond donors (Lipinski definition) is 0. The van der Waals surface area contributed by atoms with Crippen LogP contribution in [0.3, 0.4) is 0 Å². The first-order valence-corrected chi connectivity index (χ1v) is 4.29. The van der Waals surface area contributed by atoms with Crippen LogP contribution in [0.4, 0.5) is 0 Å². The van der Waals surface area contributed by atoms with Crippen molar-refractivity contribution < 1.29 is 23.7 Å². The fourth-order valence-electron chi connectivity index (χ4n) is 1.19. The molecule has 0 aromatic carbocycles. The van der Waals surface area contributed by atoms with Crippen LogP contribution < -0.4 is 0 Å². The van der Waals surface area contributed by atoms with Crippen LogP contribution in [0, 0.1) is 5.92 Å². The van der Waals surface area contributed by atoms with Gasteiger partial charge in [0.2, 0.25) is 0 Å². The van der Waals surface area contributed by atoms with Crippen LogP contribution in [-0.2, 0) is 23.7 Å². The third kappa shape index (κ3) is 4.15. The summed E-state index contributed by atoms with van der Waals surface area (Å²) in [5, 5.41) is 0. The molecule has 0 saturated heterocycles. The second-order valence-corrected chi connectivity index (χ2v) is 2.78. The monoisotopic (exact) mass is 206 g/mol. The first kappa shape index (κ1) is 13.5. The molecule has 0 aliphatic carbocycles. The lowest BCUT2D eigenvalue weighted by molar-refractivity contribution is -0.172. The molecule has 1 atom stereocenters. The van der Waals surface area contributed by atoms with Crippen molar-refractivity contribution in [1.29, 1.82) is 0 Å². The molecule has 0 spiro atoms. The zero-order chi connectivity index (χ0) is 11.0. The van der Waals surface area contributed by atoms with Gasteiger partial charge in [0.05, 0.1) is 5.92 Å². The molecule has 5 heteroatoms. The van der Waals surface area contributed by atoms with Gasteiger partial charge in [-0.1, -0.05) is 0 Å². The predicted octanol–water partition coefficient (Wildman–Crippen LogP) is 0.429. The van der Waals surface area contributed by atoms with Crippen LogP contribution >= 0.6 is 0 Å². The van der Waals surface area contributed by atoms with Crippen LogP contribution in [0.5, 0.6) is 0 Å². The van der Waals surface area contributed by atoms with Gasteiger partial charge < -0.3 is 23.7 Å². The Kier molecular flexibility index (Phi) is 7.60. The van der Waals surface area contributed by atoms with Gasteiger partial charge in [-0.25, -0.2) is 0 Å². The maximum Gasteiger partial charge on any atom is 0.166 e. The summed E-state index contributed by atoms with van der Waals surface area (Å²) >= 11 is 0. The summed E-state index contributed by atoms with van der Waals surface area (Å²) in [5.74, 6) is -0.394. The van der Waals surface area contributed by atoms with Gasteiger partial charge in [0, 0.05) is 34.9 Å². The lowest BCUT2D eigenvalue weighted by Gasteiger charge is -2.23. The van der Waals surface area contributed by atoms with E-state index in [1.807, 2.05) is 0 Å². The first-order valence-electron chi connectivity index (χ1n) is 4.29. The summed E-state index contributed by atoms with van der Waals surface area (Å²) in [5.41, 5.74) is 0. The molecule has 1 unspecified atom stereocenters. The molecule has 0 fully saturated rings. The van der Waals surface area contributed by atoms with Crippen molar-refractivity contribution in [3.8, 4) is 0 Å². The van der Waals surface area contributed by atoms with E-state index in [2.05, 4.69) is 0 Å². The average Bonchev–Trinajstić information content (AvgIpc) is 2.24. The first-order chi connectivity index (χ1) is 6.73. The van der Waals surface area contributed by atoms with Gasteiger partial charge >= 0.3 is 0 Å². The number of hydrogen-bond acceptors (Lipinski definition) is 5. The summed E-state index contributed by atoms with van der Waals surface area (Å²) in [6.45, 7) is 0. The number of rotatable bonds is 8. The van der Waals surface area contributed by atoms with E-state index in [0.29, 0.717) is 6.42 Å². The number of aldehydes is 1. The molecule has 0 saturated carbocycles. The molecular weight excluding hydrogens is 188 g/mol. The second kappa shape index (κ2) is 7.87. The second-order valence-electron chi connectivity index (χ2n) is 2.78. The zero-order valence-electron chi connectivity index (χ0n) is 9.06. The van der Waals surface area contributed by atoms with Crippen molar-refractivity contribution in [3.63, 3.8) is 0 Å².